The zero-order chi connectivity index (χ0) is 14.4. The molecule has 19 heavy (non-hydrogen) atoms. The number of hydrogen-bond donors (Lipinski definition) is 2. The lowest BCUT2D eigenvalue weighted by molar-refractivity contribution is 0.187. The molecular formula is C15H25FN2O. The van der Waals surface area contributed by atoms with E-state index in [1.54, 1.807) is 19.1 Å². The van der Waals surface area contributed by atoms with Gasteiger partial charge >= 0.3 is 0 Å². The molecule has 2 N–H and O–H groups in total. The summed E-state index contributed by atoms with van der Waals surface area (Å²) < 4.78 is 14.0. The van der Waals surface area contributed by atoms with Crippen LogP contribution in [0.1, 0.15) is 32.8 Å². The molecule has 0 aromatic heterocycles. The highest BCUT2D eigenvalue weighted by Gasteiger charge is 2.09. The first kappa shape index (κ1) is 15.9. The Morgan fingerprint density at radius 1 is 1.32 bits per heavy atom. The summed E-state index contributed by atoms with van der Waals surface area (Å²) in [5.74, 6) is -0.212. The van der Waals surface area contributed by atoms with Crippen molar-refractivity contribution in [2.75, 3.05) is 18.5 Å². The Labute approximate surface area is 115 Å². The van der Waals surface area contributed by atoms with E-state index in [1.807, 2.05) is 18.0 Å². The van der Waals surface area contributed by atoms with Crippen LogP contribution in [0.25, 0.3) is 0 Å². The summed E-state index contributed by atoms with van der Waals surface area (Å²) in [4.78, 5) is 1.84. The number of rotatable bonds is 7. The van der Waals surface area contributed by atoms with Crippen molar-refractivity contribution >= 4 is 5.69 Å². The largest absolute Gasteiger partial charge is 0.393 e. The van der Waals surface area contributed by atoms with E-state index in [-0.39, 0.29) is 11.9 Å². The van der Waals surface area contributed by atoms with Crippen LogP contribution < -0.4 is 10.2 Å². The van der Waals surface area contributed by atoms with Gasteiger partial charge in [0.1, 0.15) is 5.82 Å². The van der Waals surface area contributed by atoms with Gasteiger partial charge in [-0.1, -0.05) is 19.9 Å². The maximum Gasteiger partial charge on any atom is 0.146 e. The van der Waals surface area contributed by atoms with E-state index in [4.69, 9.17) is 0 Å². The summed E-state index contributed by atoms with van der Waals surface area (Å²) >= 11 is 0. The molecule has 1 atom stereocenters. The van der Waals surface area contributed by atoms with E-state index >= 15 is 0 Å². The molecule has 4 heteroatoms. The van der Waals surface area contributed by atoms with Gasteiger partial charge in [-0.25, -0.2) is 4.39 Å². The van der Waals surface area contributed by atoms with Crippen LogP contribution >= 0.6 is 0 Å². The molecule has 0 aliphatic heterocycles. The molecule has 0 spiro atoms. The van der Waals surface area contributed by atoms with Gasteiger partial charge in [-0.05, 0) is 31.0 Å². The SMILES string of the molecule is CC(O)CCN(C)c1ccc(CNC(C)C)cc1F. The van der Waals surface area contributed by atoms with E-state index in [9.17, 15) is 9.50 Å². The van der Waals surface area contributed by atoms with Crippen LogP contribution in [0.2, 0.25) is 0 Å². The van der Waals surface area contributed by atoms with Gasteiger partial charge in [0.25, 0.3) is 0 Å². The van der Waals surface area contributed by atoms with Gasteiger partial charge in [0.2, 0.25) is 0 Å². The van der Waals surface area contributed by atoms with Crippen LogP contribution in [0, 0.1) is 5.82 Å². The standard InChI is InChI=1S/C15H25FN2O/c1-11(2)17-10-13-5-6-15(14(16)9-13)18(4)8-7-12(3)19/h5-6,9,11-12,17,19H,7-8,10H2,1-4H3. The Balaban J connectivity index is 2.65. The average Bonchev–Trinajstić information content (AvgIpc) is 2.33. The highest BCUT2D eigenvalue weighted by molar-refractivity contribution is 5.48. The third-order valence-electron chi connectivity index (χ3n) is 3.02. The topological polar surface area (TPSA) is 35.5 Å². The second-order valence-electron chi connectivity index (χ2n) is 5.38. The number of benzene rings is 1. The van der Waals surface area contributed by atoms with Crippen molar-refractivity contribution in [2.45, 2.75) is 45.9 Å². The van der Waals surface area contributed by atoms with Gasteiger partial charge in [0, 0.05) is 26.2 Å². The number of nitrogens with one attached hydrogen (secondary N) is 1. The maximum absolute atomic E-state index is 14.0. The second kappa shape index (κ2) is 7.46. The molecule has 1 aromatic carbocycles. The van der Waals surface area contributed by atoms with Crippen molar-refractivity contribution < 1.29 is 9.50 Å². The fourth-order valence-corrected chi connectivity index (χ4v) is 1.79. The molecule has 1 rings (SSSR count). The molecule has 108 valence electrons. The molecule has 0 saturated heterocycles. The first-order valence-corrected chi connectivity index (χ1v) is 6.81. The molecule has 1 aromatic rings. The van der Waals surface area contributed by atoms with Gasteiger partial charge in [0.05, 0.1) is 11.8 Å². The number of anilines is 1. The number of aliphatic hydroxyl groups is 1. The van der Waals surface area contributed by atoms with Gasteiger partial charge in [-0.2, -0.15) is 0 Å². The fraction of sp³-hybridized carbons (Fsp3) is 0.600. The molecule has 0 saturated carbocycles. The summed E-state index contributed by atoms with van der Waals surface area (Å²) in [6.45, 7) is 7.18. The van der Waals surface area contributed by atoms with Crippen LogP contribution in [0.5, 0.6) is 0 Å². The lowest BCUT2D eigenvalue weighted by atomic mass is 10.1. The Bertz CT molecular complexity index is 394. The normalized spacial score (nSPS) is 12.8. The molecular weight excluding hydrogens is 243 g/mol. The Morgan fingerprint density at radius 2 is 2.00 bits per heavy atom. The predicted octanol–water partition coefficient (Wildman–Crippen LogP) is 2.53. The highest BCUT2D eigenvalue weighted by atomic mass is 19.1. The van der Waals surface area contributed by atoms with E-state index in [0.717, 1.165) is 5.56 Å². The number of halogens is 1. The minimum atomic E-state index is -0.361. The molecule has 1 unspecified atom stereocenters. The van der Waals surface area contributed by atoms with Crippen molar-refractivity contribution in [3.05, 3.63) is 29.6 Å². The molecule has 0 amide bonds. The molecule has 0 radical (unpaired) electrons. The van der Waals surface area contributed by atoms with Crippen molar-refractivity contribution in [3.8, 4) is 0 Å². The molecule has 0 fully saturated rings. The predicted molar refractivity (Wildman–Crippen MR) is 77.9 cm³/mol. The maximum atomic E-state index is 14.0. The van der Waals surface area contributed by atoms with Gasteiger partial charge in [-0.15, -0.1) is 0 Å². The number of nitrogens with zero attached hydrogens (tertiary/aromatic N) is 1. The number of hydrogen-bond acceptors (Lipinski definition) is 3. The third kappa shape index (κ3) is 5.57. The summed E-state index contributed by atoms with van der Waals surface area (Å²) in [6.07, 6.45) is 0.270. The summed E-state index contributed by atoms with van der Waals surface area (Å²) in [6, 6.07) is 5.70. The summed E-state index contributed by atoms with van der Waals surface area (Å²) in [5.41, 5.74) is 1.52. The lowest BCUT2D eigenvalue weighted by Gasteiger charge is -2.21. The van der Waals surface area contributed by atoms with Crippen LogP contribution in [-0.4, -0.2) is 30.8 Å². The van der Waals surface area contributed by atoms with E-state index < -0.39 is 0 Å². The molecule has 0 aliphatic rings. The second-order valence-corrected chi connectivity index (χ2v) is 5.38. The van der Waals surface area contributed by atoms with E-state index in [1.165, 1.54) is 0 Å². The van der Waals surface area contributed by atoms with Crippen LogP contribution in [0.3, 0.4) is 0 Å². The fourth-order valence-electron chi connectivity index (χ4n) is 1.79. The first-order valence-electron chi connectivity index (χ1n) is 6.81. The van der Waals surface area contributed by atoms with E-state index in [0.29, 0.717) is 31.2 Å². The zero-order valence-corrected chi connectivity index (χ0v) is 12.3. The summed E-state index contributed by atoms with van der Waals surface area (Å²) in [5, 5.41) is 12.5. The minimum Gasteiger partial charge on any atom is -0.393 e. The van der Waals surface area contributed by atoms with Crippen molar-refractivity contribution in [1.82, 2.24) is 5.32 Å². The van der Waals surface area contributed by atoms with Gasteiger partial charge < -0.3 is 15.3 Å². The summed E-state index contributed by atoms with van der Waals surface area (Å²) in [7, 11) is 1.84. The Kier molecular flexibility index (Phi) is 6.25. The number of aliphatic hydroxyl groups excluding tert-OH is 1. The van der Waals surface area contributed by atoms with Crippen LogP contribution in [0.4, 0.5) is 10.1 Å². The minimum absolute atomic E-state index is 0.212. The first-order chi connectivity index (χ1) is 8.90. The highest BCUT2D eigenvalue weighted by Crippen LogP contribution is 2.20. The van der Waals surface area contributed by atoms with Crippen molar-refractivity contribution in [2.24, 2.45) is 0 Å². The van der Waals surface area contributed by atoms with Crippen LogP contribution in [-0.2, 0) is 6.54 Å². The Morgan fingerprint density at radius 3 is 2.53 bits per heavy atom. The van der Waals surface area contributed by atoms with E-state index in [2.05, 4.69) is 19.2 Å². The molecule has 0 heterocycles. The smallest absolute Gasteiger partial charge is 0.146 e. The molecule has 0 bridgehead atoms. The van der Waals surface area contributed by atoms with Crippen molar-refractivity contribution in [1.29, 1.82) is 0 Å². The molecule has 3 nitrogen and oxygen atoms in total. The quantitative estimate of drug-likeness (QED) is 0.797. The van der Waals surface area contributed by atoms with Crippen LogP contribution in [0.15, 0.2) is 18.2 Å². The van der Waals surface area contributed by atoms with Gasteiger partial charge in [0.15, 0.2) is 0 Å². The Hall–Kier alpha value is -1.13. The molecule has 0 aliphatic carbocycles. The zero-order valence-electron chi connectivity index (χ0n) is 12.3. The van der Waals surface area contributed by atoms with Crippen molar-refractivity contribution in [3.63, 3.8) is 0 Å². The average molecular weight is 268 g/mol. The lowest BCUT2D eigenvalue weighted by Crippen LogP contribution is -2.24. The monoisotopic (exact) mass is 268 g/mol. The van der Waals surface area contributed by atoms with Gasteiger partial charge in [-0.3, -0.25) is 0 Å². The third-order valence-corrected chi connectivity index (χ3v) is 3.02.